The Hall–Kier alpha value is -0.570. The summed E-state index contributed by atoms with van der Waals surface area (Å²) in [6.07, 6.45) is 2.16. The number of carbonyl (C=O) groups excluding carboxylic acids is 1. The monoisotopic (exact) mass is 200 g/mol. The molecule has 0 aliphatic heterocycles. The van der Waals surface area contributed by atoms with E-state index < -0.39 is 0 Å². The van der Waals surface area contributed by atoms with E-state index in [1.165, 1.54) is 0 Å². The van der Waals surface area contributed by atoms with Crippen LogP contribution in [0.5, 0.6) is 0 Å². The van der Waals surface area contributed by atoms with Gasteiger partial charge in [-0.1, -0.05) is 27.7 Å². The van der Waals surface area contributed by atoms with Crippen molar-refractivity contribution in [3.8, 4) is 0 Å². The van der Waals surface area contributed by atoms with Crippen LogP contribution in [-0.2, 0) is 4.79 Å². The maximum atomic E-state index is 10.9. The second-order valence-electron chi connectivity index (χ2n) is 4.26. The molecule has 0 aromatic rings. The summed E-state index contributed by atoms with van der Waals surface area (Å²) in [5, 5.41) is 0. The van der Waals surface area contributed by atoms with E-state index >= 15 is 0 Å². The summed E-state index contributed by atoms with van der Waals surface area (Å²) >= 11 is 0. The van der Waals surface area contributed by atoms with Crippen LogP contribution in [0, 0.1) is 5.92 Å². The van der Waals surface area contributed by atoms with Gasteiger partial charge < -0.3 is 5.73 Å². The number of rotatable bonds is 7. The van der Waals surface area contributed by atoms with Gasteiger partial charge in [-0.05, 0) is 18.8 Å². The van der Waals surface area contributed by atoms with E-state index in [2.05, 4.69) is 32.6 Å². The van der Waals surface area contributed by atoms with Crippen molar-refractivity contribution in [3.05, 3.63) is 0 Å². The molecule has 0 fully saturated rings. The lowest BCUT2D eigenvalue weighted by molar-refractivity contribution is -0.119. The van der Waals surface area contributed by atoms with Crippen LogP contribution in [0.25, 0.3) is 0 Å². The van der Waals surface area contributed by atoms with Gasteiger partial charge in [-0.15, -0.1) is 0 Å². The van der Waals surface area contributed by atoms with Gasteiger partial charge in [-0.3, -0.25) is 9.69 Å². The van der Waals surface area contributed by atoms with Crippen LogP contribution in [-0.4, -0.2) is 29.9 Å². The number of hydrogen-bond acceptors (Lipinski definition) is 2. The first-order valence-electron chi connectivity index (χ1n) is 5.53. The third kappa shape index (κ3) is 5.22. The topological polar surface area (TPSA) is 46.3 Å². The molecule has 3 heteroatoms. The number of nitrogens with two attached hydrogens (primary N) is 1. The van der Waals surface area contributed by atoms with Crippen molar-refractivity contribution in [2.45, 2.75) is 46.6 Å². The highest BCUT2D eigenvalue weighted by Crippen LogP contribution is 2.10. The molecule has 14 heavy (non-hydrogen) atoms. The van der Waals surface area contributed by atoms with Crippen molar-refractivity contribution in [1.82, 2.24) is 4.90 Å². The molecule has 0 heterocycles. The van der Waals surface area contributed by atoms with Gasteiger partial charge in [0.05, 0.1) is 6.54 Å². The number of amides is 1. The Bertz CT molecular complexity index is 165. The van der Waals surface area contributed by atoms with Gasteiger partial charge in [0.25, 0.3) is 0 Å². The Morgan fingerprint density at radius 1 is 1.29 bits per heavy atom. The SMILES string of the molecule is CCC(CC)N(CC(N)=O)CC(C)C. The van der Waals surface area contributed by atoms with Gasteiger partial charge >= 0.3 is 0 Å². The molecular formula is C11H24N2O. The van der Waals surface area contributed by atoms with Gasteiger partial charge in [-0.25, -0.2) is 0 Å². The van der Waals surface area contributed by atoms with Crippen molar-refractivity contribution in [2.24, 2.45) is 11.7 Å². The Labute approximate surface area is 87.6 Å². The third-order valence-corrected chi connectivity index (χ3v) is 2.42. The molecule has 84 valence electrons. The summed E-state index contributed by atoms with van der Waals surface area (Å²) in [5.74, 6) is 0.354. The summed E-state index contributed by atoms with van der Waals surface area (Å²) in [6.45, 7) is 9.98. The predicted molar refractivity (Wildman–Crippen MR) is 60.0 cm³/mol. The van der Waals surface area contributed by atoms with Crippen LogP contribution in [0.1, 0.15) is 40.5 Å². The third-order valence-electron chi connectivity index (χ3n) is 2.42. The summed E-state index contributed by atoms with van der Waals surface area (Å²) in [4.78, 5) is 13.1. The van der Waals surface area contributed by atoms with E-state index in [0.717, 1.165) is 19.4 Å². The fourth-order valence-corrected chi connectivity index (χ4v) is 1.82. The lowest BCUT2D eigenvalue weighted by atomic mass is 10.1. The highest BCUT2D eigenvalue weighted by atomic mass is 16.1. The average Bonchev–Trinajstić information content (AvgIpc) is 2.03. The van der Waals surface area contributed by atoms with Gasteiger partial charge in [0.1, 0.15) is 0 Å². The minimum atomic E-state index is -0.224. The maximum absolute atomic E-state index is 10.9. The molecule has 0 saturated heterocycles. The highest BCUT2D eigenvalue weighted by molar-refractivity contribution is 5.75. The second kappa shape index (κ2) is 6.82. The maximum Gasteiger partial charge on any atom is 0.231 e. The molecule has 0 aromatic carbocycles. The van der Waals surface area contributed by atoms with Gasteiger partial charge in [0.2, 0.25) is 5.91 Å². The smallest absolute Gasteiger partial charge is 0.231 e. The molecule has 2 N–H and O–H groups in total. The second-order valence-corrected chi connectivity index (χ2v) is 4.26. The van der Waals surface area contributed by atoms with Crippen molar-refractivity contribution < 1.29 is 4.79 Å². The van der Waals surface area contributed by atoms with Gasteiger partial charge in [0.15, 0.2) is 0 Å². The average molecular weight is 200 g/mol. The Kier molecular flexibility index (Phi) is 6.54. The van der Waals surface area contributed by atoms with Crippen LogP contribution < -0.4 is 5.73 Å². The minimum Gasteiger partial charge on any atom is -0.369 e. The zero-order chi connectivity index (χ0) is 11.1. The van der Waals surface area contributed by atoms with Crippen molar-refractivity contribution in [2.75, 3.05) is 13.1 Å². The fourth-order valence-electron chi connectivity index (χ4n) is 1.82. The molecule has 0 aliphatic rings. The van der Waals surface area contributed by atoms with Crippen molar-refractivity contribution in [3.63, 3.8) is 0 Å². The zero-order valence-electron chi connectivity index (χ0n) is 9.92. The summed E-state index contributed by atoms with van der Waals surface area (Å²) in [6, 6.07) is 0.491. The summed E-state index contributed by atoms with van der Waals surface area (Å²) in [7, 11) is 0. The highest BCUT2D eigenvalue weighted by Gasteiger charge is 2.17. The summed E-state index contributed by atoms with van der Waals surface area (Å²) in [5.41, 5.74) is 5.24. The van der Waals surface area contributed by atoms with Crippen LogP contribution >= 0.6 is 0 Å². The minimum absolute atomic E-state index is 0.224. The quantitative estimate of drug-likeness (QED) is 0.679. The van der Waals surface area contributed by atoms with Crippen molar-refractivity contribution in [1.29, 1.82) is 0 Å². The normalized spacial score (nSPS) is 11.6. The van der Waals surface area contributed by atoms with Crippen molar-refractivity contribution >= 4 is 5.91 Å². The number of carbonyl (C=O) groups is 1. The first-order valence-corrected chi connectivity index (χ1v) is 5.53. The largest absolute Gasteiger partial charge is 0.369 e. The number of primary amides is 1. The molecular weight excluding hydrogens is 176 g/mol. The zero-order valence-corrected chi connectivity index (χ0v) is 9.92. The fraction of sp³-hybridized carbons (Fsp3) is 0.909. The Morgan fingerprint density at radius 2 is 1.79 bits per heavy atom. The van der Waals surface area contributed by atoms with E-state index in [0.29, 0.717) is 18.5 Å². The van der Waals surface area contributed by atoms with Gasteiger partial charge in [-0.2, -0.15) is 0 Å². The molecule has 0 atom stereocenters. The van der Waals surface area contributed by atoms with E-state index in [1.807, 2.05) is 0 Å². The first kappa shape index (κ1) is 13.4. The van der Waals surface area contributed by atoms with Crippen LogP contribution in [0.2, 0.25) is 0 Å². The van der Waals surface area contributed by atoms with E-state index in [1.54, 1.807) is 0 Å². The van der Waals surface area contributed by atoms with Crippen LogP contribution in [0.3, 0.4) is 0 Å². The van der Waals surface area contributed by atoms with E-state index in [9.17, 15) is 4.79 Å². The van der Waals surface area contributed by atoms with Gasteiger partial charge in [0, 0.05) is 12.6 Å². The first-order chi connectivity index (χ1) is 6.51. The Morgan fingerprint density at radius 3 is 2.07 bits per heavy atom. The molecule has 0 spiro atoms. The molecule has 0 aromatic heterocycles. The lowest BCUT2D eigenvalue weighted by Gasteiger charge is -2.30. The molecule has 0 rings (SSSR count). The molecule has 3 nitrogen and oxygen atoms in total. The van der Waals surface area contributed by atoms with E-state index in [-0.39, 0.29) is 5.91 Å². The summed E-state index contributed by atoms with van der Waals surface area (Å²) < 4.78 is 0. The molecule has 0 aliphatic carbocycles. The number of nitrogens with zero attached hydrogens (tertiary/aromatic N) is 1. The van der Waals surface area contributed by atoms with E-state index in [4.69, 9.17) is 5.73 Å². The molecule has 0 saturated carbocycles. The van der Waals surface area contributed by atoms with Crippen LogP contribution in [0.4, 0.5) is 0 Å². The lowest BCUT2D eigenvalue weighted by Crippen LogP contribution is -2.42. The Balaban J connectivity index is 4.27. The molecule has 0 bridgehead atoms. The molecule has 0 radical (unpaired) electrons. The molecule has 0 unspecified atom stereocenters. The predicted octanol–water partition coefficient (Wildman–Crippen LogP) is 1.62. The standard InChI is InChI=1S/C11H24N2O/c1-5-10(6-2)13(7-9(3)4)8-11(12)14/h9-10H,5-8H2,1-4H3,(H2,12,14). The van der Waals surface area contributed by atoms with Crippen LogP contribution in [0.15, 0.2) is 0 Å². The number of hydrogen-bond donors (Lipinski definition) is 1. The molecule has 1 amide bonds.